The summed E-state index contributed by atoms with van der Waals surface area (Å²) < 4.78 is 5.71. The zero-order valence-electron chi connectivity index (χ0n) is 11.5. The average Bonchev–Trinajstić information content (AvgIpc) is 2.37. The molecule has 0 atom stereocenters. The van der Waals surface area contributed by atoms with Crippen molar-refractivity contribution in [3.8, 4) is 5.75 Å². The van der Waals surface area contributed by atoms with E-state index >= 15 is 0 Å². The molecule has 1 aliphatic rings. The molecule has 1 aromatic rings. The largest absolute Gasteiger partial charge is 0.491 e. The summed E-state index contributed by atoms with van der Waals surface area (Å²) in [5, 5.41) is 2.33. The lowest BCUT2D eigenvalue weighted by Crippen LogP contribution is -2.41. The van der Waals surface area contributed by atoms with Gasteiger partial charge >= 0.3 is 0 Å². The Morgan fingerprint density at radius 1 is 1.22 bits per heavy atom. The van der Waals surface area contributed by atoms with Crippen LogP contribution in [0.4, 0.5) is 0 Å². The molecule has 1 fully saturated rings. The fourth-order valence-corrected chi connectivity index (χ4v) is 2.26. The number of nitrogens with zero attached hydrogens (tertiary/aromatic N) is 1. The lowest BCUT2D eigenvalue weighted by atomic mass is 10.1. The Balaban J connectivity index is 1.84. The average molecular weight is 248 g/mol. The zero-order chi connectivity index (χ0) is 12.8. The van der Waals surface area contributed by atoms with E-state index < -0.39 is 0 Å². The van der Waals surface area contributed by atoms with Crippen molar-refractivity contribution in [1.82, 2.24) is 10.4 Å². The maximum Gasteiger partial charge on any atom is 0.120 e. The van der Waals surface area contributed by atoms with E-state index in [4.69, 9.17) is 4.74 Å². The van der Waals surface area contributed by atoms with Gasteiger partial charge in [0.25, 0.3) is 0 Å². The van der Waals surface area contributed by atoms with E-state index in [0.29, 0.717) is 0 Å². The molecule has 0 radical (unpaired) electrons. The molecule has 3 nitrogen and oxygen atoms in total. The van der Waals surface area contributed by atoms with Gasteiger partial charge in [-0.15, -0.1) is 0 Å². The van der Waals surface area contributed by atoms with Gasteiger partial charge in [0.05, 0.1) is 6.10 Å². The van der Waals surface area contributed by atoms with Gasteiger partial charge < -0.3 is 4.74 Å². The van der Waals surface area contributed by atoms with Crippen LogP contribution >= 0.6 is 0 Å². The van der Waals surface area contributed by atoms with Crippen molar-refractivity contribution >= 4 is 0 Å². The van der Waals surface area contributed by atoms with E-state index in [1.165, 1.54) is 37.9 Å². The highest BCUT2D eigenvalue weighted by atomic mass is 16.5. The smallest absolute Gasteiger partial charge is 0.120 e. The van der Waals surface area contributed by atoms with Crippen molar-refractivity contribution in [1.29, 1.82) is 0 Å². The minimum atomic E-state index is 0.232. The molecule has 2 rings (SSSR count). The fourth-order valence-electron chi connectivity index (χ4n) is 2.26. The van der Waals surface area contributed by atoms with Crippen molar-refractivity contribution in [2.45, 2.75) is 45.8 Å². The lowest BCUT2D eigenvalue weighted by molar-refractivity contribution is 0.151. The summed E-state index contributed by atoms with van der Waals surface area (Å²) in [7, 11) is 0. The van der Waals surface area contributed by atoms with Gasteiger partial charge in [0.15, 0.2) is 0 Å². The second-order valence-electron chi connectivity index (χ2n) is 5.20. The summed E-state index contributed by atoms with van der Waals surface area (Å²) in [6.07, 6.45) is 4.22. The molecule has 0 aliphatic carbocycles. The van der Waals surface area contributed by atoms with Gasteiger partial charge in [-0.25, -0.2) is 5.01 Å². The predicted molar refractivity (Wildman–Crippen MR) is 74.5 cm³/mol. The van der Waals surface area contributed by atoms with E-state index in [9.17, 15) is 0 Å². The Kier molecular flexibility index (Phi) is 5.02. The fraction of sp³-hybridized carbons (Fsp3) is 0.600. The number of nitrogens with one attached hydrogen (secondary N) is 1. The van der Waals surface area contributed by atoms with Gasteiger partial charge in [0.1, 0.15) is 5.75 Å². The number of hydrogen-bond acceptors (Lipinski definition) is 3. The van der Waals surface area contributed by atoms with Gasteiger partial charge in [-0.1, -0.05) is 18.6 Å². The Morgan fingerprint density at radius 3 is 2.72 bits per heavy atom. The minimum Gasteiger partial charge on any atom is -0.491 e. The van der Waals surface area contributed by atoms with Crippen LogP contribution in [0.3, 0.4) is 0 Å². The lowest BCUT2D eigenvalue weighted by Gasteiger charge is -2.27. The van der Waals surface area contributed by atoms with Gasteiger partial charge in [0, 0.05) is 19.6 Å². The molecule has 0 aromatic heterocycles. The van der Waals surface area contributed by atoms with E-state index in [2.05, 4.69) is 42.5 Å². The van der Waals surface area contributed by atoms with Gasteiger partial charge in [-0.3, -0.25) is 5.43 Å². The number of rotatable bonds is 5. The van der Waals surface area contributed by atoms with E-state index in [1.807, 2.05) is 6.07 Å². The summed E-state index contributed by atoms with van der Waals surface area (Å²) in [4.78, 5) is 0. The maximum absolute atomic E-state index is 5.71. The molecule has 18 heavy (non-hydrogen) atoms. The zero-order valence-corrected chi connectivity index (χ0v) is 11.5. The summed E-state index contributed by atoms with van der Waals surface area (Å²) in [6, 6.07) is 8.34. The summed E-state index contributed by atoms with van der Waals surface area (Å²) in [5.74, 6) is 0.961. The normalized spacial score (nSPS) is 17.1. The van der Waals surface area contributed by atoms with Crippen molar-refractivity contribution < 1.29 is 4.74 Å². The van der Waals surface area contributed by atoms with Crippen LogP contribution in [0.5, 0.6) is 5.75 Å². The number of ether oxygens (including phenoxy) is 1. The molecule has 0 spiro atoms. The quantitative estimate of drug-likeness (QED) is 0.867. The van der Waals surface area contributed by atoms with E-state index in [1.54, 1.807) is 0 Å². The molecule has 1 saturated heterocycles. The van der Waals surface area contributed by atoms with Crippen LogP contribution in [0.1, 0.15) is 38.7 Å². The first-order chi connectivity index (χ1) is 8.74. The molecule has 0 unspecified atom stereocenters. The third kappa shape index (κ3) is 4.31. The number of piperidine rings is 1. The van der Waals surface area contributed by atoms with Crippen LogP contribution in [0.15, 0.2) is 24.3 Å². The summed E-state index contributed by atoms with van der Waals surface area (Å²) in [5.41, 5.74) is 4.77. The molecule has 0 amide bonds. The molecule has 1 aliphatic heterocycles. The van der Waals surface area contributed by atoms with Crippen LogP contribution in [-0.2, 0) is 6.54 Å². The van der Waals surface area contributed by atoms with Crippen LogP contribution < -0.4 is 10.2 Å². The molecule has 3 heteroatoms. The molecule has 1 aromatic carbocycles. The molecular formula is C15H24N2O. The first-order valence-electron chi connectivity index (χ1n) is 6.98. The van der Waals surface area contributed by atoms with Crippen LogP contribution in [0.25, 0.3) is 0 Å². The SMILES string of the molecule is CC(C)Oc1cccc(CNN2CCCCC2)c1. The first-order valence-corrected chi connectivity index (χ1v) is 6.98. The second kappa shape index (κ2) is 6.76. The molecule has 0 saturated carbocycles. The number of hydrogen-bond donors (Lipinski definition) is 1. The van der Waals surface area contributed by atoms with Crippen molar-refractivity contribution in [2.75, 3.05) is 13.1 Å². The Labute approximate surface area is 110 Å². The first kappa shape index (κ1) is 13.4. The molecule has 100 valence electrons. The topological polar surface area (TPSA) is 24.5 Å². The number of hydrazine groups is 1. The number of benzene rings is 1. The van der Waals surface area contributed by atoms with E-state index in [-0.39, 0.29) is 6.10 Å². The highest BCUT2D eigenvalue weighted by Gasteiger charge is 2.09. The highest BCUT2D eigenvalue weighted by Crippen LogP contribution is 2.15. The third-order valence-corrected chi connectivity index (χ3v) is 3.13. The van der Waals surface area contributed by atoms with Gasteiger partial charge in [0.2, 0.25) is 0 Å². The second-order valence-corrected chi connectivity index (χ2v) is 5.20. The molecular weight excluding hydrogens is 224 g/mol. The molecule has 0 bridgehead atoms. The monoisotopic (exact) mass is 248 g/mol. The third-order valence-electron chi connectivity index (χ3n) is 3.13. The van der Waals surface area contributed by atoms with Crippen LogP contribution in [0.2, 0.25) is 0 Å². The Hall–Kier alpha value is -1.06. The Morgan fingerprint density at radius 2 is 2.00 bits per heavy atom. The van der Waals surface area contributed by atoms with Crippen molar-refractivity contribution in [3.05, 3.63) is 29.8 Å². The van der Waals surface area contributed by atoms with Gasteiger partial charge in [-0.2, -0.15) is 0 Å². The van der Waals surface area contributed by atoms with E-state index in [0.717, 1.165) is 12.3 Å². The summed E-state index contributed by atoms with van der Waals surface area (Å²) in [6.45, 7) is 7.33. The van der Waals surface area contributed by atoms with Crippen molar-refractivity contribution in [3.63, 3.8) is 0 Å². The molecule has 1 heterocycles. The highest BCUT2D eigenvalue weighted by molar-refractivity contribution is 5.28. The standard InChI is InChI=1S/C15H24N2O/c1-13(2)18-15-8-6-7-14(11-15)12-16-17-9-4-3-5-10-17/h6-8,11,13,16H,3-5,9-10,12H2,1-2H3. The molecule has 1 N–H and O–H groups in total. The van der Waals surface area contributed by atoms with Crippen LogP contribution in [-0.4, -0.2) is 24.2 Å². The van der Waals surface area contributed by atoms with Crippen LogP contribution in [0, 0.1) is 0 Å². The Bertz CT molecular complexity index is 359. The van der Waals surface area contributed by atoms with Gasteiger partial charge in [-0.05, 0) is 44.4 Å². The maximum atomic E-state index is 5.71. The minimum absolute atomic E-state index is 0.232. The van der Waals surface area contributed by atoms with Crippen molar-refractivity contribution in [2.24, 2.45) is 0 Å². The summed E-state index contributed by atoms with van der Waals surface area (Å²) >= 11 is 0. The predicted octanol–water partition coefficient (Wildman–Crippen LogP) is 2.96.